The molecule has 0 unspecified atom stereocenters. The van der Waals surface area contributed by atoms with Gasteiger partial charge >= 0.3 is 0 Å². The summed E-state index contributed by atoms with van der Waals surface area (Å²) in [4.78, 5) is 8.18. The van der Waals surface area contributed by atoms with Crippen molar-refractivity contribution in [2.24, 2.45) is 0 Å². The highest BCUT2D eigenvalue weighted by Crippen LogP contribution is 2.11. The highest BCUT2D eigenvalue weighted by atomic mass is 35.5. The van der Waals surface area contributed by atoms with Crippen LogP contribution in [-0.2, 0) is 16.4 Å². The van der Waals surface area contributed by atoms with E-state index in [4.69, 9.17) is 11.6 Å². The number of halogens is 1. The first-order valence-corrected chi connectivity index (χ1v) is 7.18. The number of nitrogens with one attached hydrogen (secondary N) is 2. The lowest BCUT2D eigenvalue weighted by molar-refractivity contribution is 0.588. The minimum atomic E-state index is -3.20. The third-order valence-corrected chi connectivity index (χ3v) is 3.60. The molecular weight excluding hydrogens is 264 g/mol. The van der Waals surface area contributed by atoms with Gasteiger partial charge in [0.05, 0.1) is 5.75 Å². The summed E-state index contributed by atoms with van der Waals surface area (Å²) >= 11 is 5.80. The van der Waals surface area contributed by atoms with Crippen LogP contribution in [0.2, 0.25) is 5.15 Å². The van der Waals surface area contributed by atoms with E-state index >= 15 is 0 Å². The van der Waals surface area contributed by atoms with E-state index in [2.05, 4.69) is 20.0 Å². The molecule has 2 N–H and O–H groups in total. The lowest BCUT2D eigenvalue weighted by atomic mass is 10.4. The van der Waals surface area contributed by atoms with Gasteiger partial charge in [0.2, 0.25) is 10.0 Å². The van der Waals surface area contributed by atoms with Crippen molar-refractivity contribution in [1.82, 2.24) is 14.7 Å². The summed E-state index contributed by atoms with van der Waals surface area (Å²) in [5.74, 6) is 1.14. The second-order valence-corrected chi connectivity index (χ2v) is 5.73. The van der Waals surface area contributed by atoms with Crippen LogP contribution in [0.1, 0.15) is 12.7 Å². The summed E-state index contributed by atoms with van der Waals surface area (Å²) in [7, 11) is -1.82. The molecule has 0 bridgehead atoms. The van der Waals surface area contributed by atoms with Crippen LogP contribution in [0.4, 0.5) is 5.82 Å². The van der Waals surface area contributed by atoms with E-state index < -0.39 is 10.0 Å². The molecular formula is C9H15ClN4O2S. The Morgan fingerprint density at radius 2 is 2.12 bits per heavy atom. The van der Waals surface area contributed by atoms with E-state index in [-0.39, 0.29) is 12.3 Å². The van der Waals surface area contributed by atoms with Crippen molar-refractivity contribution < 1.29 is 8.42 Å². The van der Waals surface area contributed by atoms with E-state index in [9.17, 15) is 8.42 Å². The summed E-state index contributed by atoms with van der Waals surface area (Å²) < 4.78 is 24.6. The number of nitrogens with zero attached hydrogens (tertiary/aromatic N) is 2. The summed E-state index contributed by atoms with van der Waals surface area (Å²) in [6.07, 6.45) is 0.671. The second-order valence-electron chi connectivity index (χ2n) is 3.30. The molecule has 0 aliphatic heterocycles. The summed E-state index contributed by atoms with van der Waals surface area (Å²) in [5, 5.41) is 3.24. The predicted molar refractivity (Wildman–Crippen MR) is 67.8 cm³/mol. The van der Waals surface area contributed by atoms with Crippen LogP contribution >= 0.6 is 11.6 Å². The van der Waals surface area contributed by atoms with E-state index in [0.29, 0.717) is 23.2 Å². The molecule has 8 heteroatoms. The Labute approximate surface area is 106 Å². The minimum Gasteiger partial charge on any atom is -0.369 e. The first-order valence-electron chi connectivity index (χ1n) is 5.15. The largest absolute Gasteiger partial charge is 0.369 e. The maximum atomic E-state index is 11.2. The van der Waals surface area contributed by atoms with Gasteiger partial charge in [0, 0.05) is 19.0 Å². The Morgan fingerprint density at radius 1 is 1.41 bits per heavy atom. The van der Waals surface area contributed by atoms with Gasteiger partial charge in [0.1, 0.15) is 16.8 Å². The molecule has 0 spiro atoms. The van der Waals surface area contributed by atoms with E-state index in [1.54, 1.807) is 6.07 Å². The van der Waals surface area contributed by atoms with Gasteiger partial charge in [0.15, 0.2) is 0 Å². The van der Waals surface area contributed by atoms with Crippen LogP contribution in [0.3, 0.4) is 0 Å². The van der Waals surface area contributed by atoms with Crippen LogP contribution < -0.4 is 10.0 Å². The van der Waals surface area contributed by atoms with Crippen LogP contribution in [0.5, 0.6) is 0 Å². The number of aromatic nitrogens is 2. The molecule has 0 aromatic carbocycles. The van der Waals surface area contributed by atoms with Gasteiger partial charge in [-0.2, -0.15) is 0 Å². The standard InChI is InChI=1S/C9H15ClN4O2S/c1-3-8-13-7(10)6-9(14-8)12-4-5-17(15,16)11-2/h6,11H,3-5H2,1-2H3,(H,12,13,14). The highest BCUT2D eigenvalue weighted by Gasteiger charge is 2.07. The zero-order chi connectivity index (χ0) is 12.9. The minimum absolute atomic E-state index is 0.0212. The first kappa shape index (κ1) is 14.1. The van der Waals surface area contributed by atoms with Gasteiger partial charge in [-0.25, -0.2) is 23.1 Å². The fourth-order valence-corrected chi connectivity index (χ4v) is 1.90. The molecule has 1 rings (SSSR count). The van der Waals surface area contributed by atoms with Crippen molar-refractivity contribution >= 4 is 27.4 Å². The average Bonchev–Trinajstić information content (AvgIpc) is 2.28. The molecule has 0 saturated carbocycles. The van der Waals surface area contributed by atoms with E-state index in [1.807, 2.05) is 6.92 Å². The molecule has 0 saturated heterocycles. The van der Waals surface area contributed by atoms with E-state index in [1.165, 1.54) is 7.05 Å². The van der Waals surface area contributed by atoms with Gasteiger partial charge in [-0.15, -0.1) is 0 Å². The Balaban J connectivity index is 2.61. The molecule has 1 heterocycles. The Bertz CT molecular complexity index is 478. The van der Waals surface area contributed by atoms with Crippen LogP contribution in [-0.4, -0.2) is 37.7 Å². The van der Waals surface area contributed by atoms with Crippen molar-refractivity contribution in [3.63, 3.8) is 0 Å². The summed E-state index contributed by atoms with van der Waals surface area (Å²) in [5.41, 5.74) is 0. The quantitative estimate of drug-likeness (QED) is 0.747. The lowest BCUT2D eigenvalue weighted by Gasteiger charge is -2.07. The number of hydrogen-bond acceptors (Lipinski definition) is 5. The molecule has 0 radical (unpaired) electrons. The third-order valence-electron chi connectivity index (χ3n) is 2.05. The maximum Gasteiger partial charge on any atom is 0.213 e. The third kappa shape index (κ3) is 4.84. The van der Waals surface area contributed by atoms with Gasteiger partial charge in [0.25, 0.3) is 0 Å². The fourth-order valence-electron chi connectivity index (χ4n) is 1.13. The molecule has 6 nitrogen and oxygen atoms in total. The normalized spacial score (nSPS) is 11.5. The molecule has 0 aliphatic rings. The fraction of sp³-hybridized carbons (Fsp3) is 0.556. The van der Waals surface area contributed by atoms with Crippen LogP contribution in [0.15, 0.2) is 6.07 Å². The van der Waals surface area contributed by atoms with Crippen molar-refractivity contribution in [1.29, 1.82) is 0 Å². The number of anilines is 1. The summed E-state index contributed by atoms with van der Waals surface area (Å²) in [6.45, 7) is 2.18. The van der Waals surface area contributed by atoms with Crippen molar-refractivity contribution in [2.45, 2.75) is 13.3 Å². The number of sulfonamides is 1. The lowest BCUT2D eigenvalue weighted by Crippen LogP contribution is -2.26. The monoisotopic (exact) mass is 278 g/mol. The second kappa shape index (κ2) is 6.13. The number of aryl methyl sites for hydroxylation is 1. The molecule has 0 amide bonds. The Hall–Kier alpha value is -0.920. The zero-order valence-electron chi connectivity index (χ0n) is 9.70. The molecule has 0 atom stereocenters. The van der Waals surface area contributed by atoms with Gasteiger partial charge < -0.3 is 5.32 Å². The van der Waals surface area contributed by atoms with Crippen molar-refractivity contribution in [3.8, 4) is 0 Å². The highest BCUT2D eigenvalue weighted by molar-refractivity contribution is 7.89. The topological polar surface area (TPSA) is 84.0 Å². The average molecular weight is 279 g/mol. The van der Waals surface area contributed by atoms with Crippen molar-refractivity contribution in [3.05, 3.63) is 17.0 Å². The molecule has 17 heavy (non-hydrogen) atoms. The molecule has 0 aliphatic carbocycles. The van der Waals surface area contributed by atoms with Crippen molar-refractivity contribution in [2.75, 3.05) is 24.7 Å². The van der Waals surface area contributed by atoms with Gasteiger partial charge in [-0.1, -0.05) is 18.5 Å². The molecule has 1 aromatic rings. The molecule has 1 aromatic heterocycles. The first-order chi connectivity index (χ1) is 7.96. The van der Waals surface area contributed by atoms with Crippen LogP contribution in [0, 0.1) is 0 Å². The van der Waals surface area contributed by atoms with Gasteiger partial charge in [-0.3, -0.25) is 0 Å². The summed E-state index contributed by atoms with van der Waals surface area (Å²) in [6, 6.07) is 1.56. The predicted octanol–water partition coefficient (Wildman–Crippen LogP) is 0.653. The number of rotatable bonds is 6. The Morgan fingerprint density at radius 3 is 2.71 bits per heavy atom. The SMILES string of the molecule is CCc1nc(Cl)cc(NCCS(=O)(=O)NC)n1. The van der Waals surface area contributed by atoms with E-state index in [0.717, 1.165) is 0 Å². The van der Waals surface area contributed by atoms with Gasteiger partial charge in [-0.05, 0) is 7.05 Å². The molecule has 0 fully saturated rings. The zero-order valence-corrected chi connectivity index (χ0v) is 11.3. The Kier molecular flexibility index (Phi) is 5.10. The smallest absolute Gasteiger partial charge is 0.213 e. The van der Waals surface area contributed by atoms with Crippen LogP contribution in [0.25, 0.3) is 0 Å². The number of hydrogen-bond donors (Lipinski definition) is 2. The maximum absolute atomic E-state index is 11.2. The molecule has 96 valence electrons.